The van der Waals surface area contributed by atoms with E-state index in [9.17, 15) is 9.36 Å². The lowest BCUT2D eigenvalue weighted by atomic mass is 10.1. The van der Waals surface area contributed by atoms with Crippen LogP contribution in [0.15, 0.2) is 60.7 Å². The molecule has 1 saturated heterocycles. The Labute approximate surface area is 283 Å². The largest absolute Gasteiger partial charge is 0.477 e. The highest BCUT2D eigenvalue weighted by Crippen LogP contribution is 2.53. The van der Waals surface area contributed by atoms with E-state index >= 15 is 0 Å². The van der Waals surface area contributed by atoms with E-state index in [4.69, 9.17) is 32.2 Å². The van der Waals surface area contributed by atoms with Gasteiger partial charge in [-0.3, -0.25) is 13.6 Å². The zero-order valence-electron chi connectivity index (χ0n) is 29.6. The van der Waals surface area contributed by atoms with Crippen molar-refractivity contribution in [3.8, 4) is 0 Å². The number of unbranched alkanes of at least 4 members (excludes halogenated alkanes) is 2. The SMILES string of the molecule is CCCCOP(=O)(OCCCC)O[C@H]1O[C@H](CO[Si](C(C)C)(C(C)C)C(C)C)[C@@H](OCc2ccccc2)[C@@H]1OC(=O)c1ccccc1. The molecule has 11 heteroatoms. The van der Waals surface area contributed by atoms with E-state index in [1.54, 1.807) is 24.3 Å². The molecule has 0 radical (unpaired) electrons. The average molecular weight is 693 g/mol. The highest BCUT2D eigenvalue weighted by Gasteiger charge is 2.54. The molecule has 1 heterocycles. The molecule has 0 aliphatic carbocycles. The number of phosphoric acid groups is 1. The molecule has 9 nitrogen and oxygen atoms in total. The summed E-state index contributed by atoms with van der Waals surface area (Å²) in [5.74, 6) is -0.577. The third-order valence-electron chi connectivity index (χ3n) is 8.74. The Morgan fingerprint density at radius 2 is 1.34 bits per heavy atom. The zero-order valence-corrected chi connectivity index (χ0v) is 31.5. The number of ether oxygens (including phenoxy) is 3. The molecule has 0 saturated carbocycles. The van der Waals surface area contributed by atoms with Crippen molar-refractivity contribution >= 4 is 22.1 Å². The number of hydrogen-bond donors (Lipinski definition) is 0. The predicted octanol–water partition coefficient (Wildman–Crippen LogP) is 9.47. The van der Waals surface area contributed by atoms with Crippen molar-refractivity contribution in [2.75, 3.05) is 19.8 Å². The summed E-state index contributed by atoms with van der Waals surface area (Å²) in [5, 5.41) is 0. The van der Waals surface area contributed by atoms with Crippen molar-refractivity contribution in [3.63, 3.8) is 0 Å². The number of carbonyl (C=O) groups is 1. The first-order valence-electron chi connectivity index (χ1n) is 17.3. The van der Waals surface area contributed by atoms with Gasteiger partial charge in [-0.05, 0) is 47.2 Å². The van der Waals surface area contributed by atoms with Gasteiger partial charge in [-0.1, -0.05) is 117 Å². The van der Waals surface area contributed by atoms with Gasteiger partial charge < -0.3 is 18.6 Å². The second kappa shape index (κ2) is 19.3. The maximum atomic E-state index is 14.0. The van der Waals surface area contributed by atoms with Crippen molar-refractivity contribution in [1.29, 1.82) is 0 Å². The Hall–Kier alpha value is -1.88. The topological polar surface area (TPSA) is 98.8 Å². The fourth-order valence-electron chi connectivity index (χ4n) is 6.36. The average Bonchev–Trinajstić information content (AvgIpc) is 3.35. The Bertz CT molecular complexity index is 1190. The van der Waals surface area contributed by atoms with Gasteiger partial charge in [0.1, 0.15) is 12.2 Å². The third-order valence-corrected chi connectivity index (χ3v) is 16.3. The Kier molecular flexibility index (Phi) is 16.3. The van der Waals surface area contributed by atoms with Crippen molar-refractivity contribution in [3.05, 3.63) is 71.8 Å². The molecule has 1 fully saturated rings. The minimum atomic E-state index is -4.11. The second-order valence-corrected chi connectivity index (χ2v) is 20.2. The van der Waals surface area contributed by atoms with Crippen LogP contribution >= 0.6 is 7.82 Å². The Morgan fingerprint density at radius 1 is 0.809 bits per heavy atom. The van der Waals surface area contributed by atoms with Gasteiger partial charge in [0.05, 0.1) is 32.0 Å². The van der Waals surface area contributed by atoms with Crippen LogP contribution in [0.1, 0.15) is 97.0 Å². The Morgan fingerprint density at radius 3 is 1.85 bits per heavy atom. The molecule has 0 aromatic heterocycles. The van der Waals surface area contributed by atoms with E-state index in [0.29, 0.717) is 35.0 Å². The summed E-state index contributed by atoms with van der Waals surface area (Å²) in [7, 11) is -6.43. The highest BCUT2D eigenvalue weighted by atomic mass is 31.2. The number of hydrogen-bond acceptors (Lipinski definition) is 9. The molecule has 4 atom stereocenters. The summed E-state index contributed by atoms with van der Waals surface area (Å²) in [6.07, 6.45) is -0.846. The van der Waals surface area contributed by atoms with E-state index in [2.05, 4.69) is 41.5 Å². The zero-order chi connectivity index (χ0) is 34.5. The van der Waals surface area contributed by atoms with Gasteiger partial charge in [0, 0.05) is 0 Å². The first kappa shape index (κ1) is 39.6. The van der Waals surface area contributed by atoms with E-state index in [1.807, 2.05) is 50.2 Å². The quantitative estimate of drug-likeness (QED) is 0.0548. The number of carbonyl (C=O) groups excluding carboxylic acids is 1. The molecule has 3 rings (SSSR count). The molecular weight excluding hydrogens is 635 g/mol. The molecule has 0 unspecified atom stereocenters. The van der Waals surface area contributed by atoms with Crippen LogP contribution in [0.3, 0.4) is 0 Å². The third kappa shape index (κ3) is 11.1. The van der Waals surface area contributed by atoms with E-state index in [0.717, 1.165) is 18.4 Å². The van der Waals surface area contributed by atoms with Crippen LogP contribution in [0, 0.1) is 0 Å². The van der Waals surface area contributed by atoms with Gasteiger partial charge in [0.2, 0.25) is 6.29 Å². The van der Waals surface area contributed by atoms with E-state index in [-0.39, 0.29) is 26.4 Å². The lowest BCUT2D eigenvalue weighted by molar-refractivity contribution is -0.132. The molecule has 1 aliphatic heterocycles. The number of benzene rings is 2. The molecule has 0 N–H and O–H groups in total. The van der Waals surface area contributed by atoms with Crippen LogP contribution in [-0.2, 0) is 43.4 Å². The van der Waals surface area contributed by atoms with Gasteiger partial charge >= 0.3 is 13.8 Å². The van der Waals surface area contributed by atoms with Crippen LogP contribution in [0.5, 0.6) is 0 Å². The molecule has 1 aliphatic rings. The molecule has 47 heavy (non-hydrogen) atoms. The first-order chi connectivity index (χ1) is 22.5. The number of phosphoric ester groups is 1. The lowest BCUT2D eigenvalue weighted by Crippen LogP contribution is -2.50. The summed E-state index contributed by atoms with van der Waals surface area (Å²) < 4.78 is 57.8. The number of esters is 1. The maximum absolute atomic E-state index is 14.0. The monoisotopic (exact) mass is 692 g/mol. The van der Waals surface area contributed by atoms with Crippen LogP contribution in [0.4, 0.5) is 0 Å². The Balaban J connectivity index is 2.01. The minimum Gasteiger partial charge on any atom is -0.450 e. The fourth-order valence-corrected chi connectivity index (χ4v) is 13.1. The summed E-state index contributed by atoms with van der Waals surface area (Å²) in [6, 6.07) is 18.5. The normalized spacial score (nSPS) is 20.4. The number of rotatable bonds is 21. The maximum Gasteiger partial charge on any atom is 0.477 e. The van der Waals surface area contributed by atoms with Gasteiger partial charge in [-0.2, -0.15) is 0 Å². The molecular formula is C36H57O9PSi. The van der Waals surface area contributed by atoms with Gasteiger partial charge in [0.15, 0.2) is 14.4 Å². The lowest BCUT2D eigenvalue weighted by Gasteiger charge is -2.43. The van der Waals surface area contributed by atoms with Crippen molar-refractivity contribution in [2.45, 2.75) is 129 Å². The summed E-state index contributed by atoms with van der Waals surface area (Å²) in [5.41, 5.74) is 2.32. The highest BCUT2D eigenvalue weighted by molar-refractivity contribution is 7.48. The minimum absolute atomic E-state index is 0.187. The predicted molar refractivity (Wildman–Crippen MR) is 187 cm³/mol. The van der Waals surface area contributed by atoms with E-state index in [1.165, 1.54) is 0 Å². The first-order valence-corrected chi connectivity index (χ1v) is 20.9. The smallest absolute Gasteiger partial charge is 0.450 e. The van der Waals surface area contributed by atoms with Crippen LogP contribution in [0.2, 0.25) is 16.6 Å². The van der Waals surface area contributed by atoms with Gasteiger partial charge in [-0.15, -0.1) is 0 Å². The summed E-state index contributed by atoms with van der Waals surface area (Å²) in [6.45, 7) is 18.2. The molecule has 2 aromatic rings. The second-order valence-electron chi connectivity index (χ2n) is 13.1. The van der Waals surface area contributed by atoms with Crippen molar-refractivity contribution < 1.29 is 41.6 Å². The van der Waals surface area contributed by atoms with Crippen LogP contribution < -0.4 is 0 Å². The standard InChI is InChI=1S/C36H57O9PSi/c1-9-11-23-40-46(38,41-24-12-10-2)45-36-34(44-35(37)31-21-17-14-18-22-31)33(39-25-30-19-15-13-16-20-30)32(43-36)26-42-47(27(3)4,28(5)6)29(7)8/h13-22,27-29,32-34,36H,9-12,23-26H2,1-8H3/t32-,33-,34+,36-/m1/s1. The molecule has 0 spiro atoms. The fraction of sp³-hybridized carbons (Fsp3) is 0.639. The molecule has 0 amide bonds. The van der Waals surface area contributed by atoms with E-state index < -0.39 is 46.7 Å². The van der Waals surface area contributed by atoms with Crippen LogP contribution in [-0.4, -0.2) is 58.7 Å². The van der Waals surface area contributed by atoms with Crippen molar-refractivity contribution in [1.82, 2.24) is 0 Å². The summed E-state index contributed by atoms with van der Waals surface area (Å²) >= 11 is 0. The molecule has 264 valence electrons. The molecule has 2 aromatic carbocycles. The van der Waals surface area contributed by atoms with Gasteiger partial charge in [0.25, 0.3) is 0 Å². The summed E-state index contributed by atoms with van der Waals surface area (Å²) in [4.78, 5) is 13.5. The van der Waals surface area contributed by atoms with Gasteiger partial charge in [-0.25, -0.2) is 9.36 Å². The van der Waals surface area contributed by atoms with Crippen molar-refractivity contribution in [2.24, 2.45) is 0 Å². The molecule has 0 bridgehead atoms. The van der Waals surface area contributed by atoms with Crippen LogP contribution in [0.25, 0.3) is 0 Å².